The second-order valence-electron chi connectivity index (χ2n) is 5.45. The van der Waals surface area contributed by atoms with Gasteiger partial charge in [-0.25, -0.2) is 0 Å². The van der Waals surface area contributed by atoms with Crippen LogP contribution in [0.2, 0.25) is 5.02 Å². The molecular weight excluding hydrogens is 385 g/mol. The summed E-state index contributed by atoms with van der Waals surface area (Å²) in [4.78, 5) is 14.9. The molecule has 1 rings (SSSR count). The molecule has 0 radical (unpaired) electrons. The molecule has 1 aromatic rings. The number of rotatable bonds is 6. The average Bonchev–Trinajstić information content (AvgIpc) is 2.40. The molecule has 0 unspecified atom stereocenters. The van der Waals surface area contributed by atoms with E-state index in [2.05, 4.69) is 50.3 Å². The summed E-state index contributed by atoms with van der Waals surface area (Å²) in [6.45, 7) is 9.35. The van der Waals surface area contributed by atoms with Crippen LogP contribution in [-0.2, 0) is 0 Å². The summed E-state index contributed by atoms with van der Waals surface area (Å²) in [5.74, 6) is 0.552. The zero-order chi connectivity index (χ0) is 15.3. The Morgan fingerprint density at radius 3 is 2.40 bits per heavy atom. The number of halogens is 2. The van der Waals surface area contributed by atoms with Gasteiger partial charge < -0.3 is 4.90 Å². The Morgan fingerprint density at radius 2 is 1.90 bits per heavy atom. The number of amides is 1. The Kier molecular flexibility index (Phi) is 7.30. The van der Waals surface area contributed by atoms with Crippen molar-refractivity contribution in [3.63, 3.8) is 0 Å². The van der Waals surface area contributed by atoms with Crippen LogP contribution in [0.15, 0.2) is 18.2 Å². The first-order chi connectivity index (χ1) is 9.40. The van der Waals surface area contributed by atoms with Gasteiger partial charge in [0.1, 0.15) is 0 Å². The fourth-order valence-electron chi connectivity index (χ4n) is 2.34. The summed E-state index contributed by atoms with van der Waals surface area (Å²) >= 11 is 8.25. The lowest BCUT2D eigenvalue weighted by Crippen LogP contribution is -2.42. The highest BCUT2D eigenvalue weighted by Gasteiger charge is 2.24. The van der Waals surface area contributed by atoms with E-state index in [4.69, 9.17) is 11.6 Å². The van der Waals surface area contributed by atoms with Gasteiger partial charge in [-0.3, -0.25) is 4.79 Å². The van der Waals surface area contributed by atoms with Gasteiger partial charge in [0, 0.05) is 21.2 Å². The van der Waals surface area contributed by atoms with Gasteiger partial charge >= 0.3 is 0 Å². The minimum atomic E-state index is 0.0966. The highest BCUT2D eigenvalue weighted by molar-refractivity contribution is 14.1. The topological polar surface area (TPSA) is 20.3 Å². The lowest BCUT2D eigenvalue weighted by molar-refractivity contribution is 0.0639. The Hall–Kier alpha value is -0.290. The summed E-state index contributed by atoms with van der Waals surface area (Å²) in [6, 6.07) is 5.79. The molecule has 0 saturated heterocycles. The number of hydrogen-bond donors (Lipinski definition) is 0. The zero-order valence-electron chi connectivity index (χ0n) is 12.6. The molecule has 1 amide bonds. The van der Waals surface area contributed by atoms with Crippen molar-refractivity contribution in [3.8, 4) is 0 Å². The molecular formula is C16H23ClINO. The van der Waals surface area contributed by atoms with Gasteiger partial charge in [0.25, 0.3) is 5.91 Å². The molecule has 0 bridgehead atoms. The van der Waals surface area contributed by atoms with Gasteiger partial charge in [-0.2, -0.15) is 0 Å². The van der Waals surface area contributed by atoms with Crippen molar-refractivity contribution in [2.24, 2.45) is 5.92 Å². The summed E-state index contributed by atoms with van der Waals surface area (Å²) in [7, 11) is 0. The predicted molar refractivity (Wildman–Crippen MR) is 94.4 cm³/mol. The number of carbonyl (C=O) groups is 1. The first-order valence-electron chi connectivity index (χ1n) is 7.16. The molecule has 0 aromatic heterocycles. The molecule has 1 aromatic carbocycles. The number of benzene rings is 1. The van der Waals surface area contributed by atoms with Gasteiger partial charge in [-0.15, -0.1) is 0 Å². The van der Waals surface area contributed by atoms with E-state index in [9.17, 15) is 4.79 Å². The molecule has 0 saturated carbocycles. The van der Waals surface area contributed by atoms with Gasteiger partial charge in [-0.05, 0) is 59.5 Å². The van der Waals surface area contributed by atoms with E-state index in [0.717, 1.165) is 23.0 Å². The number of nitrogens with zero attached hydrogens (tertiary/aromatic N) is 1. The molecule has 2 nitrogen and oxygen atoms in total. The SMILES string of the molecule is CCC(CC)N(CC(C)C)C(=O)c1cc(Cl)ccc1I. The van der Waals surface area contributed by atoms with Crippen LogP contribution in [0.1, 0.15) is 50.9 Å². The summed E-state index contributed by atoms with van der Waals surface area (Å²) in [5, 5.41) is 0.614. The van der Waals surface area contributed by atoms with Crippen molar-refractivity contribution in [2.45, 2.75) is 46.6 Å². The maximum absolute atomic E-state index is 12.9. The van der Waals surface area contributed by atoms with E-state index in [-0.39, 0.29) is 5.91 Å². The van der Waals surface area contributed by atoms with E-state index in [1.54, 1.807) is 6.07 Å². The molecule has 0 N–H and O–H groups in total. The van der Waals surface area contributed by atoms with E-state index in [1.165, 1.54) is 0 Å². The number of hydrogen-bond acceptors (Lipinski definition) is 1. The third-order valence-corrected chi connectivity index (χ3v) is 4.54. The fraction of sp³-hybridized carbons (Fsp3) is 0.562. The Balaban J connectivity index is 3.12. The van der Waals surface area contributed by atoms with Crippen molar-refractivity contribution in [1.82, 2.24) is 4.90 Å². The zero-order valence-corrected chi connectivity index (χ0v) is 15.5. The molecule has 0 atom stereocenters. The van der Waals surface area contributed by atoms with Crippen LogP contribution in [0.5, 0.6) is 0 Å². The van der Waals surface area contributed by atoms with E-state index >= 15 is 0 Å². The Bertz CT molecular complexity index is 458. The lowest BCUT2D eigenvalue weighted by Gasteiger charge is -2.32. The predicted octanol–water partition coefficient (Wildman–Crippen LogP) is 5.23. The molecule has 0 heterocycles. The lowest BCUT2D eigenvalue weighted by atomic mass is 10.1. The Morgan fingerprint density at radius 1 is 1.30 bits per heavy atom. The quantitative estimate of drug-likeness (QED) is 0.591. The minimum Gasteiger partial charge on any atom is -0.335 e. The van der Waals surface area contributed by atoms with Gasteiger partial charge in [0.05, 0.1) is 5.56 Å². The van der Waals surface area contributed by atoms with Crippen LogP contribution in [0.3, 0.4) is 0 Å². The van der Waals surface area contributed by atoms with Gasteiger partial charge in [0.15, 0.2) is 0 Å². The summed E-state index contributed by atoms with van der Waals surface area (Å²) in [6.07, 6.45) is 1.96. The Labute approximate surface area is 141 Å². The first-order valence-corrected chi connectivity index (χ1v) is 8.62. The standard InChI is InChI=1S/C16H23ClINO/c1-5-13(6-2)19(10-11(3)4)16(20)14-9-12(17)7-8-15(14)18/h7-9,11,13H,5-6,10H2,1-4H3. The van der Waals surface area contributed by atoms with Crippen LogP contribution >= 0.6 is 34.2 Å². The summed E-state index contributed by atoms with van der Waals surface area (Å²) < 4.78 is 0.955. The largest absolute Gasteiger partial charge is 0.335 e. The minimum absolute atomic E-state index is 0.0966. The highest BCUT2D eigenvalue weighted by Crippen LogP contribution is 2.22. The van der Waals surface area contributed by atoms with Crippen molar-refractivity contribution < 1.29 is 4.79 Å². The van der Waals surface area contributed by atoms with E-state index in [0.29, 0.717) is 22.5 Å². The molecule has 0 fully saturated rings. The molecule has 0 aliphatic heterocycles. The number of carbonyl (C=O) groups excluding carboxylic acids is 1. The molecule has 0 aliphatic rings. The third-order valence-electron chi connectivity index (χ3n) is 3.36. The molecule has 0 spiro atoms. The molecule has 0 aliphatic carbocycles. The monoisotopic (exact) mass is 407 g/mol. The second kappa shape index (κ2) is 8.23. The fourth-order valence-corrected chi connectivity index (χ4v) is 3.08. The van der Waals surface area contributed by atoms with Crippen molar-refractivity contribution in [2.75, 3.05) is 6.54 Å². The highest BCUT2D eigenvalue weighted by atomic mass is 127. The van der Waals surface area contributed by atoms with Gasteiger partial charge in [-0.1, -0.05) is 39.3 Å². The summed E-state index contributed by atoms with van der Waals surface area (Å²) in [5.41, 5.74) is 0.714. The normalized spacial score (nSPS) is 11.2. The van der Waals surface area contributed by atoms with E-state index < -0.39 is 0 Å². The molecule has 20 heavy (non-hydrogen) atoms. The van der Waals surface area contributed by atoms with Crippen molar-refractivity contribution in [1.29, 1.82) is 0 Å². The average molecular weight is 408 g/mol. The van der Waals surface area contributed by atoms with Crippen LogP contribution < -0.4 is 0 Å². The van der Waals surface area contributed by atoms with Crippen LogP contribution in [0, 0.1) is 9.49 Å². The van der Waals surface area contributed by atoms with Crippen LogP contribution in [0.4, 0.5) is 0 Å². The van der Waals surface area contributed by atoms with Crippen LogP contribution in [-0.4, -0.2) is 23.4 Å². The molecule has 4 heteroatoms. The molecule has 112 valence electrons. The maximum atomic E-state index is 12.9. The smallest absolute Gasteiger partial charge is 0.255 e. The third kappa shape index (κ3) is 4.62. The van der Waals surface area contributed by atoms with Crippen molar-refractivity contribution in [3.05, 3.63) is 32.4 Å². The second-order valence-corrected chi connectivity index (χ2v) is 7.04. The van der Waals surface area contributed by atoms with E-state index in [1.807, 2.05) is 17.0 Å². The first kappa shape index (κ1) is 17.8. The maximum Gasteiger partial charge on any atom is 0.255 e. The van der Waals surface area contributed by atoms with Crippen molar-refractivity contribution >= 4 is 40.1 Å². The van der Waals surface area contributed by atoms with Crippen LogP contribution in [0.25, 0.3) is 0 Å². The van der Waals surface area contributed by atoms with Gasteiger partial charge in [0.2, 0.25) is 0 Å².